The maximum atomic E-state index is 13.2. The van der Waals surface area contributed by atoms with Crippen LogP contribution in [0.5, 0.6) is 0 Å². The summed E-state index contributed by atoms with van der Waals surface area (Å²) in [5.74, 6) is -0.813. The number of aliphatic carboxylic acids is 1. The predicted molar refractivity (Wildman–Crippen MR) is 69.8 cm³/mol. The van der Waals surface area contributed by atoms with E-state index in [1.807, 2.05) is 0 Å². The molecule has 19 heavy (non-hydrogen) atoms. The standard InChI is InChI=1S/C13H23FN2O3/c1-12(2,14)4-7-15-11(19)16-8-5-13(3,6-9-16)10(17)18/h4-9H2,1-3H3,(H,15,19)(H,17,18). The van der Waals surface area contributed by atoms with Crippen molar-refractivity contribution in [3.05, 3.63) is 0 Å². The molecule has 5 nitrogen and oxygen atoms in total. The van der Waals surface area contributed by atoms with Gasteiger partial charge in [0.25, 0.3) is 0 Å². The minimum atomic E-state index is -1.29. The molecule has 0 aromatic rings. The van der Waals surface area contributed by atoms with Gasteiger partial charge in [0.05, 0.1) is 5.41 Å². The predicted octanol–water partition coefficient (Wildman–Crippen LogP) is 2.02. The average Bonchev–Trinajstić information content (AvgIpc) is 2.27. The summed E-state index contributed by atoms with van der Waals surface area (Å²) in [6, 6.07) is -0.239. The van der Waals surface area contributed by atoms with Crippen molar-refractivity contribution in [3.63, 3.8) is 0 Å². The average molecular weight is 274 g/mol. The van der Waals surface area contributed by atoms with Crippen LogP contribution >= 0.6 is 0 Å². The molecule has 0 saturated carbocycles. The molecule has 0 bridgehead atoms. The first-order valence-electron chi connectivity index (χ1n) is 6.59. The molecular weight excluding hydrogens is 251 g/mol. The number of carboxylic acid groups (broad SMARTS) is 1. The monoisotopic (exact) mass is 274 g/mol. The van der Waals surface area contributed by atoms with Crippen LogP contribution in [-0.4, -0.2) is 47.3 Å². The summed E-state index contributed by atoms with van der Waals surface area (Å²) in [5.41, 5.74) is -2.03. The highest BCUT2D eigenvalue weighted by molar-refractivity contribution is 5.76. The van der Waals surface area contributed by atoms with E-state index in [1.165, 1.54) is 13.8 Å². The molecule has 1 heterocycles. The number of nitrogens with zero attached hydrogens (tertiary/aromatic N) is 1. The van der Waals surface area contributed by atoms with Gasteiger partial charge in [0.2, 0.25) is 0 Å². The number of rotatable bonds is 4. The first kappa shape index (κ1) is 15.7. The van der Waals surface area contributed by atoms with Gasteiger partial charge in [-0.2, -0.15) is 0 Å². The van der Waals surface area contributed by atoms with Gasteiger partial charge in [0, 0.05) is 19.6 Å². The van der Waals surface area contributed by atoms with Crippen molar-refractivity contribution in [2.45, 2.75) is 45.7 Å². The van der Waals surface area contributed by atoms with Crippen LogP contribution in [0.4, 0.5) is 9.18 Å². The summed E-state index contributed by atoms with van der Waals surface area (Å²) >= 11 is 0. The van der Waals surface area contributed by atoms with E-state index in [2.05, 4.69) is 5.32 Å². The Kier molecular flexibility index (Phi) is 4.76. The fraction of sp³-hybridized carbons (Fsp3) is 0.846. The largest absolute Gasteiger partial charge is 0.481 e. The molecule has 1 aliphatic rings. The first-order chi connectivity index (χ1) is 8.64. The number of carbonyl (C=O) groups excluding carboxylic acids is 1. The third kappa shape index (κ3) is 4.69. The quantitative estimate of drug-likeness (QED) is 0.824. The Labute approximate surface area is 113 Å². The highest BCUT2D eigenvalue weighted by atomic mass is 19.1. The topological polar surface area (TPSA) is 69.6 Å². The van der Waals surface area contributed by atoms with E-state index in [0.29, 0.717) is 25.9 Å². The van der Waals surface area contributed by atoms with Crippen LogP contribution in [0.1, 0.15) is 40.0 Å². The maximum absolute atomic E-state index is 13.2. The molecule has 0 spiro atoms. The van der Waals surface area contributed by atoms with Crippen molar-refractivity contribution in [1.29, 1.82) is 0 Å². The molecule has 0 aromatic carbocycles. The molecular formula is C13H23FN2O3. The number of alkyl halides is 1. The van der Waals surface area contributed by atoms with Crippen molar-refractivity contribution < 1.29 is 19.1 Å². The molecule has 1 fully saturated rings. The van der Waals surface area contributed by atoms with E-state index in [0.717, 1.165) is 0 Å². The molecule has 6 heteroatoms. The lowest BCUT2D eigenvalue weighted by molar-refractivity contribution is -0.150. The fourth-order valence-electron chi connectivity index (χ4n) is 2.00. The summed E-state index contributed by atoms with van der Waals surface area (Å²) < 4.78 is 13.2. The second kappa shape index (κ2) is 5.75. The Hall–Kier alpha value is -1.33. The maximum Gasteiger partial charge on any atom is 0.317 e. The Bertz CT molecular complexity index is 344. The zero-order valence-electron chi connectivity index (χ0n) is 11.8. The minimum Gasteiger partial charge on any atom is -0.481 e. The van der Waals surface area contributed by atoms with Gasteiger partial charge in [0.1, 0.15) is 5.67 Å². The molecule has 110 valence electrons. The van der Waals surface area contributed by atoms with Gasteiger partial charge in [0.15, 0.2) is 0 Å². The minimum absolute atomic E-state index is 0.239. The number of likely N-dealkylation sites (tertiary alicyclic amines) is 1. The first-order valence-corrected chi connectivity index (χ1v) is 6.59. The van der Waals surface area contributed by atoms with E-state index in [4.69, 9.17) is 5.11 Å². The lowest BCUT2D eigenvalue weighted by Crippen LogP contribution is -2.49. The van der Waals surface area contributed by atoms with Gasteiger partial charge >= 0.3 is 12.0 Å². The van der Waals surface area contributed by atoms with E-state index in [-0.39, 0.29) is 19.0 Å². The number of halogens is 1. The van der Waals surface area contributed by atoms with Crippen molar-refractivity contribution in [2.75, 3.05) is 19.6 Å². The lowest BCUT2D eigenvalue weighted by atomic mass is 9.80. The number of hydrogen-bond acceptors (Lipinski definition) is 2. The Morgan fingerprint density at radius 3 is 2.32 bits per heavy atom. The smallest absolute Gasteiger partial charge is 0.317 e. The second-order valence-corrected chi connectivity index (χ2v) is 6.05. The molecule has 2 amide bonds. The van der Waals surface area contributed by atoms with Gasteiger partial charge in [-0.05, 0) is 40.0 Å². The summed E-state index contributed by atoms with van der Waals surface area (Å²) in [6.07, 6.45) is 1.16. The number of piperidine rings is 1. The van der Waals surface area contributed by atoms with E-state index in [9.17, 15) is 14.0 Å². The molecule has 2 N–H and O–H groups in total. The van der Waals surface area contributed by atoms with Crippen molar-refractivity contribution in [2.24, 2.45) is 5.41 Å². The SMILES string of the molecule is CC(C)(F)CCNC(=O)N1CCC(C)(C(=O)O)CC1. The molecule has 0 aromatic heterocycles. The second-order valence-electron chi connectivity index (χ2n) is 6.05. The lowest BCUT2D eigenvalue weighted by Gasteiger charge is -2.36. The molecule has 1 rings (SSSR count). The van der Waals surface area contributed by atoms with Crippen LogP contribution in [-0.2, 0) is 4.79 Å². The number of carbonyl (C=O) groups is 2. The van der Waals surface area contributed by atoms with Crippen LogP contribution in [0.3, 0.4) is 0 Å². The highest BCUT2D eigenvalue weighted by Gasteiger charge is 2.37. The molecule has 0 aliphatic carbocycles. The summed E-state index contributed by atoms with van der Waals surface area (Å²) in [5, 5.41) is 11.8. The van der Waals surface area contributed by atoms with E-state index >= 15 is 0 Å². The summed E-state index contributed by atoms with van der Waals surface area (Å²) in [4.78, 5) is 24.5. The summed E-state index contributed by atoms with van der Waals surface area (Å²) in [7, 11) is 0. The van der Waals surface area contributed by atoms with Gasteiger partial charge in [-0.1, -0.05) is 0 Å². The van der Waals surface area contributed by atoms with Crippen molar-refractivity contribution in [3.8, 4) is 0 Å². The number of hydrogen-bond donors (Lipinski definition) is 2. The third-order valence-corrected chi connectivity index (χ3v) is 3.67. The van der Waals surface area contributed by atoms with Gasteiger partial charge in [-0.25, -0.2) is 9.18 Å². The number of urea groups is 1. The van der Waals surface area contributed by atoms with Crippen LogP contribution in [0.2, 0.25) is 0 Å². The zero-order valence-corrected chi connectivity index (χ0v) is 11.8. The van der Waals surface area contributed by atoms with Crippen LogP contribution in [0, 0.1) is 5.41 Å². The van der Waals surface area contributed by atoms with Crippen LogP contribution in [0.25, 0.3) is 0 Å². The Morgan fingerprint density at radius 2 is 1.89 bits per heavy atom. The molecule has 1 saturated heterocycles. The zero-order chi connectivity index (χ0) is 14.7. The van der Waals surface area contributed by atoms with E-state index < -0.39 is 17.1 Å². The number of amides is 2. The molecule has 0 radical (unpaired) electrons. The Morgan fingerprint density at radius 1 is 1.37 bits per heavy atom. The van der Waals surface area contributed by atoms with Gasteiger partial charge in [-0.15, -0.1) is 0 Å². The fourth-order valence-corrected chi connectivity index (χ4v) is 2.00. The Balaban J connectivity index is 2.35. The van der Waals surface area contributed by atoms with Gasteiger partial charge < -0.3 is 15.3 Å². The normalized spacial score (nSPS) is 19.1. The molecule has 1 aliphatic heterocycles. The van der Waals surface area contributed by atoms with Crippen molar-refractivity contribution >= 4 is 12.0 Å². The summed E-state index contributed by atoms with van der Waals surface area (Å²) in [6.45, 7) is 5.78. The number of nitrogens with one attached hydrogen (secondary N) is 1. The van der Waals surface area contributed by atoms with E-state index in [1.54, 1.807) is 11.8 Å². The van der Waals surface area contributed by atoms with Crippen LogP contribution in [0.15, 0.2) is 0 Å². The van der Waals surface area contributed by atoms with Gasteiger partial charge in [-0.3, -0.25) is 4.79 Å². The third-order valence-electron chi connectivity index (χ3n) is 3.67. The molecule has 0 unspecified atom stereocenters. The number of carboxylic acids is 1. The molecule has 0 atom stereocenters. The van der Waals surface area contributed by atoms with Crippen LogP contribution < -0.4 is 5.32 Å². The highest BCUT2D eigenvalue weighted by Crippen LogP contribution is 2.30. The van der Waals surface area contributed by atoms with Crippen molar-refractivity contribution in [1.82, 2.24) is 10.2 Å².